The van der Waals surface area contributed by atoms with Crippen LogP contribution in [0.1, 0.15) is 22.6 Å². The summed E-state index contributed by atoms with van der Waals surface area (Å²) in [6.45, 7) is 1.01. The van der Waals surface area contributed by atoms with E-state index in [2.05, 4.69) is 5.10 Å². The molecule has 33 heavy (non-hydrogen) atoms. The number of nitrogens with zero attached hydrogens (tertiary/aromatic N) is 2. The Hall–Kier alpha value is -4.14. The molecule has 0 unspecified atom stereocenters. The Morgan fingerprint density at radius 3 is 2.48 bits per heavy atom. The van der Waals surface area contributed by atoms with Gasteiger partial charge in [0.2, 0.25) is 0 Å². The molecule has 0 spiro atoms. The van der Waals surface area contributed by atoms with Crippen LogP contribution in [0.15, 0.2) is 82.3 Å². The number of esters is 1. The van der Waals surface area contributed by atoms with E-state index in [-0.39, 0.29) is 5.69 Å². The number of hydrazone groups is 1. The number of benzene rings is 2. The van der Waals surface area contributed by atoms with Gasteiger partial charge in [0.25, 0.3) is 5.91 Å². The second kappa shape index (κ2) is 10.4. The van der Waals surface area contributed by atoms with Crippen LogP contribution < -0.4 is 5.01 Å². The van der Waals surface area contributed by atoms with Gasteiger partial charge >= 0.3 is 12.1 Å². The molecule has 0 fully saturated rings. The van der Waals surface area contributed by atoms with Crippen LogP contribution in [0, 0.1) is 6.92 Å². The molecule has 0 saturated heterocycles. The fraction of sp³-hybridized carbons (Fsp3) is 0.125. The molecule has 6 nitrogen and oxygen atoms in total. The third-order valence-electron chi connectivity index (χ3n) is 4.26. The maximum atomic E-state index is 13.1. The fourth-order valence-electron chi connectivity index (χ4n) is 2.69. The monoisotopic (exact) mass is 456 g/mol. The highest BCUT2D eigenvalue weighted by Gasteiger charge is 2.31. The van der Waals surface area contributed by atoms with Gasteiger partial charge in [-0.25, -0.2) is 4.79 Å². The Morgan fingerprint density at radius 2 is 1.82 bits per heavy atom. The van der Waals surface area contributed by atoms with Crippen molar-refractivity contribution < 1.29 is 31.9 Å². The maximum absolute atomic E-state index is 13.1. The smallest absolute Gasteiger partial charge is 0.416 e. The van der Waals surface area contributed by atoms with E-state index in [0.717, 1.165) is 29.3 Å². The van der Waals surface area contributed by atoms with Crippen LogP contribution in [0.4, 0.5) is 18.9 Å². The summed E-state index contributed by atoms with van der Waals surface area (Å²) < 4.78 is 49.6. The van der Waals surface area contributed by atoms with Crippen LogP contribution in [-0.4, -0.2) is 24.7 Å². The summed E-state index contributed by atoms with van der Waals surface area (Å²) in [7, 11) is 0. The highest BCUT2D eigenvalue weighted by molar-refractivity contribution is 5.97. The first-order valence-electron chi connectivity index (χ1n) is 9.73. The molecular formula is C24H19F3N2O4. The topological polar surface area (TPSA) is 72.1 Å². The molecule has 1 amide bonds. The number of hydrogen-bond donors (Lipinski definition) is 0. The van der Waals surface area contributed by atoms with Gasteiger partial charge < -0.3 is 9.15 Å². The van der Waals surface area contributed by atoms with E-state index in [1.807, 2.05) is 0 Å². The Morgan fingerprint density at radius 1 is 1.06 bits per heavy atom. The summed E-state index contributed by atoms with van der Waals surface area (Å²) in [5.74, 6) is -0.578. The van der Waals surface area contributed by atoms with E-state index in [9.17, 15) is 22.8 Å². The molecule has 1 aromatic heterocycles. The second-order valence-corrected chi connectivity index (χ2v) is 6.80. The molecule has 0 aliphatic rings. The zero-order valence-corrected chi connectivity index (χ0v) is 17.5. The van der Waals surface area contributed by atoms with E-state index in [1.54, 1.807) is 49.4 Å². The lowest BCUT2D eigenvalue weighted by Gasteiger charge is -2.18. The van der Waals surface area contributed by atoms with Gasteiger partial charge in [0.1, 0.15) is 11.5 Å². The Labute approximate surface area is 187 Å². The van der Waals surface area contributed by atoms with Crippen molar-refractivity contribution >= 4 is 29.9 Å². The first-order valence-corrected chi connectivity index (χ1v) is 9.73. The lowest BCUT2D eigenvalue weighted by Crippen LogP contribution is -2.30. The van der Waals surface area contributed by atoms with Gasteiger partial charge in [-0.2, -0.15) is 23.3 Å². The number of hydrogen-bond acceptors (Lipinski definition) is 5. The number of carbonyl (C=O) groups is 2. The van der Waals surface area contributed by atoms with Crippen molar-refractivity contribution in [1.82, 2.24) is 0 Å². The summed E-state index contributed by atoms with van der Waals surface area (Å²) in [5.41, 5.74) is -0.447. The van der Waals surface area contributed by atoms with Crippen LogP contribution in [0.2, 0.25) is 0 Å². The molecule has 1 heterocycles. The molecule has 2 aromatic carbocycles. The minimum absolute atomic E-state index is 0.125. The number of carbonyl (C=O) groups excluding carboxylic acids is 2. The molecule has 0 aliphatic carbocycles. The van der Waals surface area contributed by atoms with Gasteiger partial charge in [0, 0.05) is 6.08 Å². The Bertz CT molecular complexity index is 1170. The summed E-state index contributed by atoms with van der Waals surface area (Å²) >= 11 is 0. The summed E-state index contributed by atoms with van der Waals surface area (Å²) in [6.07, 6.45) is -0.834. The molecular weight excluding hydrogens is 437 g/mol. The van der Waals surface area contributed by atoms with Crippen LogP contribution in [-0.2, 0) is 20.5 Å². The molecule has 0 bridgehead atoms. The number of furan rings is 1. The number of halogens is 3. The van der Waals surface area contributed by atoms with Crippen molar-refractivity contribution in [2.75, 3.05) is 11.6 Å². The highest BCUT2D eigenvalue weighted by atomic mass is 19.4. The van der Waals surface area contributed by atoms with Crippen LogP contribution in [0.5, 0.6) is 0 Å². The van der Waals surface area contributed by atoms with Gasteiger partial charge in [-0.1, -0.05) is 36.4 Å². The summed E-state index contributed by atoms with van der Waals surface area (Å²) in [6, 6.07) is 16.2. The van der Waals surface area contributed by atoms with Crippen molar-refractivity contribution in [1.29, 1.82) is 0 Å². The fourth-order valence-corrected chi connectivity index (χ4v) is 2.69. The number of alkyl halides is 3. The van der Waals surface area contributed by atoms with Gasteiger partial charge in [0.05, 0.1) is 17.5 Å². The zero-order chi connectivity index (χ0) is 23.8. The first-order chi connectivity index (χ1) is 15.7. The van der Waals surface area contributed by atoms with E-state index in [0.29, 0.717) is 17.1 Å². The van der Waals surface area contributed by atoms with E-state index >= 15 is 0 Å². The Kier molecular flexibility index (Phi) is 7.45. The van der Waals surface area contributed by atoms with Crippen molar-refractivity contribution in [3.63, 3.8) is 0 Å². The third kappa shape index (κ3) is 6.93. The molecule has 9 heteroatoms. The molecule has 170 valence electrons. The van der Waals surface area contributed by atoms with Crippen molar-refractivity contribution in [3.8, 4) is 0 Å². The van der Waals surface area contributed by atoms with E-state index in [4.69, 9.17) is 9.15 Å². The van der Waals surface area contributed by atoms with Crippen molar-refractivity contribution in [2.45, 2.75) is 13.1 Å². The summed E-state index contributed by atoms with van der Waals surface area (Å²) in [4.78, 5) is 24.7. The number of rotatable bonds is 7. The van der Waals surface area contributed by atoms with Gasteiger partial charge in [-0.15, -0.1) is 0 Å². The average Bonchev–Trinajstić information content (AvgIpc) is 3.22. The largest absolute Gasteiger partial charge is 0.462 e. The number of aryl methyl sites for hydroxylation is 1. The van der Waals surface area contributed by atoms with Crippen molar-refractivity contribution in [3.05, 3.63) is 95.5 Å². The van der Waals surface area contributed by atoms with E-state index < -0.39 is 30.2 Å². The quantitative estimate of drug-likeness (QED) is 0.211. The van der Waals surface area contributed by atoms with Crippen LogP contribution in [0.3, 0.4) is 0 Å². The number of anilines is 1. The number of amides is 1. The molecule has 0 aliphatic heterocycles. The lowest BCUT2D eigenvalue weighted by atomic mass is 10.2. The van der Waals surface area contributed by atoms with Crippen LogP contribution >= 0.6 is 0 Å². The third-order valence-corrected chi connectivity index (χ3v) is 4.26. The zero-order valence-electron chi connectivity index (χ0n) is 17.5. The van der Waals surface area contributed by atoms with Gasteiger partial charge in [-0.05, 0) is 48.9 Å². The Balaban J connectivity index is 1.77. The first kappa shape index (κ1) is 23.5. The molecule has 0 N–H and O–H groups in total. The molecule has 3 aromatic rings. The predicted molar refractivity (Wildman–Crippen MR) is 116 cm³/mol. The molecule has 0 atom stereocenters. The normalized spacial score (nSPS) is 11.8. The minimum atomic E-state index is -4.60. The van der Waals surface area contributed by atoms with Crippen molar-refractivity contribution in [2.24, 2.45) is 5.10 Å². The molecule has 3 rings (SSSR count). The predicted octanol–water partition coefficient (Wildman–Crippen LogP) is 5.23. The second-order valence-electron chi connectivity index (χ2n) is 6.80. The minimum Gasteiger partial charge on any atom is -0.462 e. The van der Waals surface area contributed by atoms with Gasteiger partial charge in [0.15, 0.2) is 6.61 Å². The molecule has 0 radical (unpaired) electrons. The average molecular weight is 456 g/mol. The number of ether oxygens (including phenoxy) is 1. The lowest BCUT2D eigenvalue weighted by molar-refractivity contribution is -0.142. The maximum Gasteiger partial charge on any atom is 0.416 e. The summed E-state index contributed by atoms with van der Waals surface area (Å²) in [5, 5.41) is 4.79. The van der Waals surface area contributed by atoms with Crippen LogP contribution in [0.25, 0.3) is 6.08 Å². The van der Waals surface area contributed by atoms with E-state index in [1.165, 1.54) is 18.4 Å². The standard InChI is InChI=1S/C24H19F3N2O4/c1-17-10-11-21(33-17)12-13-23(31)32-16-22(30)29(28-15-18-6-3-2-4-7-18)20-9-5-8-19(14-20)24(25,26)27/h2-15H,16H2,1H3. The SMILES string of the molecule is Cc1ccc(C=CC(=O)OCC(=O)N(N=Cc2ccccc2)c2cccc(C(F)(F)F)c2)o1. The highest BCUT2D eigenvalue weighted by Crippen LogP contribution is 2.31. The molecule has 0 saturated carbocycles. The van der Waals surface area contributed by atoms with Gasteiger partial charge in [-0.3, -0.25) is 4.79 Å².